The first kappa shape index (κ1) is 45.6. The molecule has 0 saturated carbocycles. The molecule has 37 heavy (non-hydrogen) atoms. The Morgan fingerprint density at radius 3 is 0.973 bits per heavy atom. The molecular formula is C22H36F6O8Zr. The molecule has 0 heterocycles. The number of ketones is 2. The molecule has 0 aliphatic carbocycles. The maximum Gasteiger partial charge on any atom is 2.00 e. The van der Waals surface area contributed by atoms with Crippen LogP contribution < -0.4 is 10.2 Å². The van der Waals surface area contributed by atoms with Gasteiger partial charge in [0.25, 0.3) is 0 Å². The van der Waals surface area contributed by atoms with E-state index in [0.29, 0.717) is 13.2 Å². The first-order valence-electron chi connectivity index (χ1n) is 11.2. The van der Waals surface area contributed by atoms with Gasteiger partial charge in [-0.25, -0.2) is 0 Å². The fraction of sp³-hybridized carbons (Fsp3) is 0.818. The predicted molar refractivity (Wildman–Crippen MR) is 113 cm³/mol. The number of aliphatic carboxylic acids is 2. The van der Waals surface area contributed by atoms with Crippen molar-refractivity contribution >= 4 is 23.5 Å². The number of halogens is 6. The molecule has 0 rings (SSSR count). The summed E-state index contributed by atoms with van der Waals surface area (Å²) in [4.78, 5) is 41.1. The molecule has 15 heteroatoms. The second-order valence-corrected chi connectivity index (χ2v) is 7.19. The number of carbonyl (C=O) groups excluding carboxylic acids is 4. The summed E-state index contributed by atoms with van der Waals surface area (Å²) in [6, 6.07) is 0. The number of carbonyl (C=O) groups is 4. The molecule has 0 radical (unpaired) electrons. The van der Waals surface area contributed by atoms with Gasteiger partial charge in [-0.2, -0.15) is 26.3 Å². The molecule has 0 bridgehead atoms. The number of hydrogen-bond acceptors (Lipinski definition) is 8. The molecule has 0 aliphatic rings. The fourth-order valence-electron chi connectivity index (χ4n) is 2.13. The number of Topliss-reactive ketones (excluding diaryl/α,β-unsaturated/α-hetero) is 2. The third kappa shape index (κ3) is 30.8. The van der Waals surface area contributed by atoms with Crippen LogP contribution in [0.2, 0.25) is 0 Å². The summed E-state index contributed by atoms with van der Waals surface area (Å²) in [6.45, 7) is 7.14. The summed E-state index contributed by atoms with van der Waals surface area (Å²) in [7, 11) is 0. The van der Waals surface area contributed by atoms with E-state index >= 15 is 0 Å². The van der Waals surface area contributed by atoms with Crippen LogP contribution in [0.1, 0.15) is 79.1 Å². The summed E-state index contributed by atoms with van der Waals surface area (Å²) in [5, 5.41) is 35.8. The maximum atomic E-state index is 12.0. The molecule has 0 fully saturated rings. The van der Waals surface area contributed by atoms with E-state index in [-0.39, 0.29) is 26.2 Å². The first-order valence-corrected chi connectivity index (χ1v) is 11.2. The monoisotopic (exact) mass is 632 g/mol. The van der Waals surface area contributed by atoms with Gasteiger partial charge in [0.1, 0.15) is 11.8 Å². The quantitative estimate of drug-likeness (QED) is 0.245. The van der Waals surface area contributed by atoms with Crippen LogP contribution in [-0.4, -0.2) is 59.3 Å². The second kappa shape index (κ2) is 26.3. The Labute approximate surface area is 231 Å². The minimum Gasteiger partial charge on any atom is -0.550 e. The molecule has 0 aromatic rings. The van der Waals surface area contributed by atoms with Gasteiger partial charge in [-0.05, 0) is 25.7 Å². The van der Waals surface area contributed by atoms with E-state index in [0.717, 1.165) is 25.7 Å². The van der Waals surface area contributed by atoms with Gasteiger partial charge >= 0.3 is 38.6 Å². The van der Waals surface area contributed by atoms with Crippen LogP contribution in [0.5, 0.6) is 0 Å². The number of rotatable bonds is 12. The zero-order chi connectivity index (χ0) is 29.5. The Bertz CT molecular complexity index is 557. The van der Waals surface area contributed by atoms with Crippen molar-refractivity contribution in [1.29, 1.82) is 0 Å². The fourth-order valence-corrected chi connectivity index (χ4v) is 2.13. The molecule has 0 aliphatic heterocycles. The smallest absolute Gasteiger partial charge is 0.550 e. The summed E-state index contributed by atoms with van der Waals surface area (Å²) in [5.41, 5.74) is 0. The third-order valence-electron chi connectivity index (χ3n) is 4.04. The van der Waals surface area contributed by atoms with E-state index in [2.05, 4.69) is 13.8 Å². The minimum absolute atomic E-state index is 0. The van der Waals surface area contributed by atoms with Crippen LogP contribution in [0.4, 0.5) is 26.3 Å². The second-order valence-electron chi connectivity index (χ2n) is 7.19. The van der Waals surface area contributed by atoms with E-state index in [9.17, 15) is 55.7 Å². The van der Waals surface area contributed by atoms with Crippen LogP contribution in [0, 0.1) is 11.8 Å². The molecule has 0 aromatic heterocycles. The molecule has 2 N–H and O–H groups in total. The van der Waals surface area contributed by atoms with E-state index in [1.165, 1.54) is 13.8 Å². The summed E-state index contributed by atoms with van der Waals surface area (Å²) < 4.78 is 71.9. The largest absolute Gasteiger partial charge is 2.00 e. The number of carboxylic acids is 2. The number of aliphatic hydroxyl groups excluding tert-OH is 2. The van der Waals surface area contributed by atoms with Crippen molar-refractivity contribution in [3.05, 3.63) is 0 Å². The van der Waals surface area contributed by atoms with E-state index < -0.39 is 73.4 Å². The molecule has 218 valence electrons. The normalized spacial score (nSPS) is 12.0. The molecule has 2 unspecified atom stereocenters. The van der Waals surface area contributed by atoms with Crippen molar-refractivity contribution in [2.45, 2.75) is 91.4 Å². The number of carboxylic acid groups (broad SMARTS) is 2. The topological polar surface area (TPSA) is 155 Å². The van der Waals surface area contributed by atoms with Crippen LogP contribution in [0.25, 0.3) is 0 Å². The summed E-state index contributed by atoms with van der Waals surface area (Å²) in [5.74, 6) is -10.7. The molecule has 0 aromatic carbocycles. The summed E-state index contributed by atoms with van der Waals surface area (Å²) in [6.07, 6.45) is -8.52. The Hall–Kier alpha value is -1.34. The van der Waals surface area contributed by atoms with Gasteiger partial charge in [-0.1, -0.05) is 40.5 Å². The summed E-state index contributed by atoms with van der Waals surface area (Å²) >= 11 is 0. The number of unbranched alkanes of at least 4 members (excludes halogenated alkanes) is 2. The minimum atomic E-state index is -4.67. The van der Waals surface area contributed by atoms with Gasteiger partial charge < -0.3 is 30.0 Å². The van der Waals surface area contributed by atoms with Crippen LogP contribution >= 0.6 is 0 Å². The number of alkyl halides is 6. The molecule has 8 nitrogen and oxygen atoms in total. The van der Waals surface area contributed by atoms with Crippen LogP contribution in [-0.2, 0) is 45.4 Å². The molecule has 0 amide bonds. The SMILES string of the molecule is CCC(C(=O)CC(=O)[O-])C(F)(F)F.CCC(C(=O)CC(=O)[O-])C(F)(F)F.CCCCO.CCCCO.[Zr+2]. The Morgan fingerprint density at radius 2 is 0.892 bits per heavy atom. The van der Waals surface area contributed by atoms with Crippen LogP contribution in [0.3, 0.4) is 0 Å². The van der Waals surface area contributed by atoms with Gasteiger partial charge in [-0.15, -0.1) is 0 Å². The van der Waals surface area contributed by atoms with Gasteiger partial charge in [0, 0.05) is 38.0 Å². The van der Waals surface area contributed by atoms with Crippen molar-refractivity contribution in [3.8, 4) is 0 Å². The zero-order valence-corrected chi connectivity index (χ0v) is 23.8. The van der Waals surface area contributed by atoms with Crippen molar-refractivity contribution in [3.63, 3.8) is 0 Å². The Morgan fingerprint density at radius 1 is 0.649 bits per heavy atom. The van der Waals surface area contributed by atoms with Gasteiger partial charge in [0.15, 0.2) is 11.6 Å². The average molecular weight is 634 g/mol. The zero-order valence-electron chi connectivity index (χ0n) is 21.3. The third-order valence-corrected chi connectivity index (χ3v) is 4.04. The van der Waals surface area contributed by atoms with Crippen molar-refractivity contribution in [2.75, 3.05) is 13.2 Å². The van der Waals surface area contributed by atoms with E-state index in [4.69, 9.17) is 10.2 Å². The number of aliphatic hydroxyl groups is 2. The first-order chi connectivity index (χ1) is 16.4. The van der Waals surface area contributed by atoms with Crippen molar-refractivity contribution in [2.24, 2.45) is 11.8 Å². The van der Waals surface area contributed by atoms with Crippen LogP contribution in [0.15, 0.2) is 0 Å². The van der Waals surface area contributed by atoms with Crippen molar-refractivity contribution < 1.29 is 92.2 Å². The van der Waals surface area contributed by atoms with E-state index in [1.807, 2.05) is 0 Å². The van der Waals surface area contributed by atoms with E-state index in [1.54, 1.807) is 0 Å². The molecule has 0 spiro atoms. The van der Waals surface area contributed by atoms with Gasteiger partial charge in [-0.3, -0.25) is 9.59 Å². The van der Waals surface area contributed by atoms with Gasteiger partial charge in [0.05, 0.1) is 0 Å². The Balaban J connectivity index is -0.000000133. The maximum absolute atomic E-state index is 12.0. The molecule has 0 saturated heterocycles. The molecular weight excluding hydrogens is 597 g/mol. The Kier molecular flexibility index (Phi) is 32.4. The van der Waals surface area contributed by atoms with Gasteiger partial charge in [0.2, 0.25) is 0 Å². The molecule has 2 atom stereocenters. The average Bonchev–Trinajstić information content (AvgIpc) is 2.68. The predicted octanol–water partition coefficient (Wildman–Crippen LogP) is 2.12. The van der Waals surface area contributed by atoms with Crippen molar-refractivity contribution in [1.82, 2.24) is 0 Å². The number of hydrogen-bond donors (Lipinski definition) is 2. The standard InChI is InChI=1S/2C7H9F3O3.2C4H10O.Zr/c2*1-2-4(7(8,9)10)5(11)3-6(12)13;2*1-2-3-4-5;/h2*4H,2-3H2,1H3,(H,12,13);2*5H,2-4H2,1H3;/q;;;;+2/p-2.